The molecule has 19 heavy (non-hydrogen) atoms. The lowest BCUT2D eigenvalue weighted by Gasteiger charge is -2.26. The van der Waals surface area contributed by atoms with Crippen molar-refractivity contribution in [3.8, 4) is 0 Å². The molecule has 0 radical (unpaired) electrons. The molecule has 0 spiro atoms. The average Bonchev–Trinajstić information content (AvgIpc) is 2.31. The molecule has 2 nitrogen and oxygen atoms in total. The van der Waals surface area contributed by atoms with Gasteiger partial charge in [0.15, 0.2) is 0 Å². The van der Waals surface area contributed by atoms with Gasteiger partial charge in [-0.15, -0.1) is 0 Å². The Morgan fingerprint density at radius 3 is 2.58 bits per heavy atom. The number of rotatable bonds is 6. The van der Waals surface area contributed by atoms with E-state index >= 15 is 0 Å². The lowest BCUT2D eigenvalue weighted by atomic mass is 9.99. The lowest BCUT2D eigenvalue weighted by Crippen LogP contribution is -2.38. The molecule has 0 bridgehead atoms. The zero-order valence-corrected chi connectivity index (χ0v) is 12.9. The highest BCUT2D eigenvalue weighted by Crippen LogP contribution is 2.28. The van der Waals surface area contributed by atoms with Gasteiger partial charge in [0.2, 0.25) is 0 Å². The molecular weight excluding hydrogens is 288 g/mol. The Morgan fingerprint density at radius 2 is 2.00 bits per heavy atom. The van der Waals surface area contributed by atoms with Crippen LogP contribution in [0.5, 0.6) is 0 Å². The first-order valence-corrected chi connectivity index (χ1v) is 7.12. The van der Waals surface area contributed by atoms with Gasteiger partial charge in [-0.2, -0.15) is 0 Å². The van der Waals surface area contributed by atoms with Gasteiger partial charge in [0.1, 0.15) is 5.82 Å². The van der Waals surface area contributed by atoms with Crippen molar-refractivity contribution in [2.24, 2.45) is 0 Å². The fourth-order valence-corrected chi connectivity index (χ4v) is 2.53. The Labute approximate surface area is 123 Å². The van der Waals surface area contributed by atoms with Crippen LogP contribution < -0.4 is 5.32 Å². The number of hydrogen-bond donors (Lipinski definition) is 2. The predicted octanol–water partition coefficient (Wildman–Crippen LogP) is 4.33. The summed E-state index contributed by atoms with van der Waals surface area (Å²) in [6, 6.07) is 2.56. The molecule has 0 amide bonds. The van der Waals surface area contributed by atoms with Gasteiger partial charge in [-0.25, -0.2) is 4.39 Å². The molecule has 2 atom stereocenters. The van der Waals surface area contributed by atoms with E-state index in [9.17, 15) is 9.50 Å². The second-order valence-electron chi connectivity index (χ2n) is 5.14. The van der Waals surface area contributed by atoms with E-state index in [1.807, 2.05) is 13.8 Å². The first-order chi connectivity index (χ1) is 8.76. The number of hydrogen-bond acceptors (Lipinski definition) is 2. The fraction of sp³-hybridized carbons (Fsp3) is 0.571. The molecule has 0 aromatic heterocycles. The van der Waals surface area contributed by atoms with Crippen molar-refractivity contribution in [3.05, 3.63) is 33.6 Å². The van der Waals surface area contributed by atoms with Crippen molar-refractivity contribution >= 4 is 23.2 Å². The maximum atomic E-state index is 13.4. The Bertz CT molecular complexity index is 438. The summed E-state index contributed by atoms with van der Waals surface area (Å²) in [5, 5.41) is 13.7. The van der Waals surface area contributed by atoms with Crippen LogP contribution in [0, 0.1) is 5.82 Å². The van der Waals surface area contributed by atoms with Gasteiger partial charge in [0.25, 0.3) is 0 Å². The minimum absolute atomic E-state index is 0.0129. The molecule has 0 saturated carbocycles. The number of benzene rings is 1. The maximum absolute atomic E-state index is 13.4. The summed E-state index contributed by atoms with van der Waals surface area (Å²) in [6.07, 6.45) is 1.61. The first-order valence-electron chi connectivity index (χ1n) is 6.37. The molecule has 0 aliphatic carbocycles. The van der Waals surface area contributed by atoms with Crippen LogP contribution in [0.4, 0.5) is 4.39 Å². The lowest BCUT2D eigenvalue weighted by molar-refractivity contribution is 0.0476. The van der Waals surface area contributed by atoms with Crippen molar-refractivity contribution in [1.29, 1.82) is 0 Å². The largest absolute Gasteiger partial charge is 0.389 e. The van der Waals surface area contributed by atoms with E-state index in [2.05, 4.69) is 5.32 Å². The van der Waals surface area contributed by atoms with Crippen LogP contribution in [0.3, 0.4) is 0 Å². The molecule has 0 aliphatic heterocycles. The van der Waals surface area contributed by atoms with Crippen LogP contribution in [0.15, 0.2) is 12.1 Å². The molecule has 108 valence electrons. The maximum Gasteiger partial charge on any atom is 0.142 e. The van der Waals surface area contributed by atoms with Crippen LogP contribution in [0.25, 0.3) is 0 Å². The summed E-state index contributed by atoms with van der Waals surface area (Å²) < 4.78 is 13.4. The third-order valence-electron chi connectivity index (χ3n) is 3.08. The zero-order valence-electron chi connectivity index (χ0n) is 11.4. The van der Waals surface area contributed by atoms with Crippen molar-refractivity contribution in [3.63, 3.8) is 0 Å². The minimum atomic E-state index is -0.777. The smallest absolute Gasteiger partial charge is 0.142 e. The highest BCUT2D eigenvalue weighted by molar-refractivity contribution is 6.35. The highest BCUT2D eigenvalue weighted by Gasteiger charge is 2.21. The Hall–Kier alpha value is -0.350. The third-order valence-corrected chi connectivity index (χ3v) is 3.70. The van der Waals surface area contributed by atoms with Gasteiger partial charge in [-0.3, -0.25) is 0 Å². The molecule has 1 aromatic carbocycles. The Morgan fingerprint density at radius 1 is 1.37 bits per heavy atom. The van der Waals surface area contributed by atoms with Crippen molar-refractivity contribution in [2.75, 3.05) is 6.54 Å². The van der Waals surface area contributed by atoms with Crippen molar-refractivity contribution in [2.45, 2.75) is 45.3 Å². The van der Waals surface area contributed by atoms with Gasteiger partial charge < -0.3 is 10.4 Å². The SMILES string of the molecule is CCCC(C)(O)CNC(C)c1cc(F)c(Cl)cc1Cl. The monoisotopic (exact) mass is 307 g/mol. The number of aliphatic hydroxyl groups is 1. The molecule has 0 aliphatic rings. The van der Waals surface area contributed by atoms with Gasteiger partial charge in [-0.05, 0) is 38.0 Å². The highest BCUT2D eigenvalue weighted by atomic mass is 35.5. The van der Waals surface area contributed by atoms with E-state index in [1.165, 1.54) is 12.1 Å². The van der Waals surface area contributed by atoms with Gasteiger partial charge in [-0.1, -0.05) is 36.5 Å². The summed E-state index contributed by atoms with van der Waals surface area (Å²) in [7, 11) is 0. The van der Waals surface area contributed by atoms with Crippen LogP contribution in [0.2, 0.25) is 10.0 Å². The van der Waals surface area contributed by atoms with Crippen LogP contribution in [0.1, 0.15) is 45.2 Å². The van der Waals surface area contributed by atoms with Crippen LogP contribution in [-0.2, 0) is 0 Å². The molecular formula is C14H20Cl2FNO. The second kappa shape index (κ2) is 6.89. The van der Waals surface area contributed by atoms with E-state index < -0.39 is 11.4 Å². The normalized spacial score (nSPS) is 16.2. The molecule has 0 heterocycles. The molecule has 2 N–H and O–H groups in total. The van der Waals surface area contributed by atoms with Crippen LogP contribution >= 0.6 is 23.2 Å². The van der Waals surface area contributed by atoms with E-state index in [1.54, 1.807) is 6.92 Å². The zero-order chi connectivity index (χ0) is 14.6. The third kappa shape index (κ3) is 4.92. The van der Waals surface area contributed by atoms with Gasteiger partial charge >= 0.3 is 0 Å². The van der Waals surface area contributed by atoms with E-state index in [0.717, 1.165) is 6.42 Å². The summed E-state index contributed by atoms with van der Waals surface area (Å²) >= 11 is 11.7. The number of halogens is 3. The minimum Gasteiger partial charge on any atom is -0.389 e. The Kier molecular flexibility index (Phi) is 6.06. The summed E-state index contributed by atoms with van der Waals surface area (Å²) in [5.41, 5.74) is -0.142. The van der Waals surface area contributed by atoms with Crippen LogP contribution in [-0.4, -0.2) is 17.3 Å². The average molecular weight is 308 g/mol. The van der Waals surface area contributed by atoms with E-state index in [4.69, 9.17) is 23.2 Å². The molecule has 0 saturated heterocycles. The second-order valence-corrected chi connectivity index (χ2v) is 5.95. The predicted molar refractivity (Wildman–Crippen MR) is 78.4 cm³/mol. The van der Waals surface area contributed by atoms with E-state index in [-0.39, 0.29) is 11.1 Å². The number of nitrogens with one attached hydrogen (secondary N) is 1. The molecule has 0 fully saturated rings. The summed E-state index contributed by atoms with van der Waals surface area (Å²) in [4.78, 5) is 0. The summed E-state index contributed by atoms with van der Waals surface area (Å²) in [5.74, 6) is -0.491. The van der Waals surface area contributed by atoms with E-state index in [0.29, 0.717) is 23.6 Å². The van der Waals surface area contributed by atoms with Crippen molar-refractivity contribution in [1.82, 2.24) is 5.32 Å². The van der Waals surface area contributed by atoms with Gasteiger partial charge in [0, 0.05) is 17.6 Å². The Balaban J connectivity index is 2.73. The standard InChI is InChI=1S/C14H20Cl2FNO/c1-4-5-14(3,19)8-18-9(2)10-6-13(17)12(16)7-11(10)15/h6-7,9,18-19H,4-5,8H2,1-3H3. The first kappa shape index (κ1) is 16.7. The van der Waals surface area contributed by atoms with Crippen molar-refractivity contribution < 1.29 is 9.50 Å². The summed E-state index contributed by atoms with van der Waals surface area (Å²) in [6.45, 7) is 6.09. The molecule has 1 aromatic rings. The molecule has 5 heteroatoms. The molecule has 2 unspecified atom stereocenters. The quantitative estimate of drug-likeness (QED) is 0.767. The van der Waals surface area contributed by atoms with Gasteiger partial charge in [0.05, 0.1) is 10.6 Å². The fourth-order valence-electron chi connectivity index (χ4n) is 1.98. The molecule has 1 rings (SSSR count). The topological polar surface area (TPSA) is 32.3 Å².